The predicted octanol–water partition coefficient (Wildman–Crippen LogP) is 6.95. The summed E-state index contributed by atoms with van der Waals surface area (Å²) >= 11 is 0. The van der Waals surface area contributed by atoms with Gasteiger partial charge in [-0.2, -0.15) is 0 Å². The normalized spacial score (nSPS) is 22.8. The summed E-state index contributed by atoms with van der Waals surface area (Å²) in [6.45, 7) is 6.57. The summed E-state index contributed by atoms with van der Waals surface area (Å²) in [6, 6.07) is 35.2. The van der Waals surface area contributed by atoms with Crippen LogP contribution in [-0.4, -0.2) is 65.8 Å². The van der Waals surface area contributed by atoms with E-state index < -0.39 is 6.29 Å². The third-order valence-corrected chi connectivity index (χ3v) is 10.4. The molecule has 0 aliphatic carbocycles. The van der Waals surface area contributed by atoms with Crippen molar-refractivity contribution < 1.29 is 19.4 Å². The van der Waals surface area contributed by atoms with E-state index in [0.29, 0.717) is 19.1 Å². The number of ether oxygens (including phenoxy) is 2. The van der Waals surface area contributed by atoms with Crippen LogP contribution in [-0.2, 0) is 29.2 Å². The lowest BCUT2D eigenvalue weighted by Crippen LogP contribution is -2.45. The molecule has 4 aromatic carbocycles. The summed E-state index contributed by atoms with van der Waals surface area (Å²) in [7, 11) is 0. The van der Waals surface area contributed by atoms with E-state index >= 15 is 0 Å². The molecule has 3 N–H and O–H groups in total. The molecule has 7 rings (SSSR count). The fourth-order valence-corrected chi connectivity index (χ4v) is 7.65. The van der Waals surface area contributed by atoms with E-state index in [1.54, 1.807) is 0 Å². The lowest BCUT2D eigenvalue weighted by atomic mass is 9.98. The molecular weight excluding hydrogens is 624 g/mol. The van der Waals surface area contributed by atoms with Crippen LogP contribution >= 0.6 is 0 Å². The molecule has 3 fully saturated rings. The van der Waals surface area contributed by atoms with Crippen LogP contribution in [0.3, 0.4) is 0 Å². The molecule has 4 aromatic rings. The third-order valence-electron chi connectivity index (χ3n) is 10.4. The maximum absolute atomic E-state index is 12.5. The van der Waals surface area contributed by atoms with Crippen molar-refractivity contribution >= 4 is 6.03 Å². The van der Waals surface area contributed by atoms with E-state index in [0.717, 1.165) is 65.0 Å². The zero-order valence-electron chi connectivity index (χ0n) is 28.9. The maximum Gasteiger partial charge on any atom is 0.315 e. The fourth-order valence-electron chi connectivity index (χ4n) is 7.65. The predicted molar refractivity (Wildman–Crippen MR) is 196 cm³/mol. The number of carbonyl (C=O) groups excluding carboxylic acids is 1. The molecule has 0 aromatic heterocycles. The Hall–Kier alpha value is -4.05. The number of aliphatic hydroxyl groups is 1. The van der Waals surface area contributed by atoms with Crippen molar-refractivity contribution in [3.8, 4) is 11.1 Å². The average Bonchev–Trinajstić information content (AvgIpc) is 3.86. The number of likely N-dealkylation sites (tertiary alicyclic amines) is 2. The van der Waals surface area contributed by atoms with Crippen LogP contribution in [0.5, 0.6) is 0 Å². The molecule has 0 unspecified atom stereocenters. The van der Waals surface area contributed by atoms with Crippen LogP contribution in [0.2, 0.25) is 0 Å². The van der Waals surface area contributed by atoms with Crippen molar-refractivity contribution in [2.45, 2.75) is 76.3 Å². The Labute approximate surface area is 296 Å². The van der Waals surface area contributed by atoms with Gasteiger partial charge in [0.05, 0.1) is 18.8 Å². The second-order valence-corrected chi connectivity index (χ2v) is 14.0. The van der Waals surface area contributed by atoms with Crippen molar-refractivity contribution in [1.29, 1.82) is 0 Å². The third kappa shape index (κ3) is 8.99. The van der Waals surface area contributed by atoms with Crippen LogP contribution in [0.25, 0.3) is 11.1 Å². The summed E-state index contributed by atoms with van der Waals surface area (Å²) in [6.07, 6.45) is 5.33. The maximum atomic E-state index is 12.5. The molecule has 8 nitrogen and oxygen atoms in total. The molecule has 8 heteroatoms. The first-order chi connectivity index (χ1) is 24.6. The van der Waals surface area contributed by atoms with E-state index in [1.807, 2.05) is 54.6 Å². The van der Waals surface area contributed by atoms with Gasteiger partial charge in [0.25, 0.3) is 0 Å². The number of nitrogens with zero attached hydrogens (tertiary/aromatic N) is 2. The van der Waals surface area contributed by atoms with Crippen molar-refractivity contribution in [3.05, 3.63) is 131 Å². The van der Waals surface area contributed by atoms with Gasteiger partial charge in [0.1, 0.15) is 0 Å². The molecule has 3 aliphatic rings. The Balaban J connectivity index is 1.04. The molecule has 0 radical (unpaired) electrons. The zero-order valence-corrected chi connectivity index (χ0v) is 28.9. The Morgan fingerprint density at radius 3 is 2.20 bits per heavy atom. The highest BCUT2D eigenvalue weighted by Gasteiger charge is 2.36. The highest BCUT2D eigenvalue weighted by Crippen LogP contribution is 2.39. The molecule has 0 bridgehead atoms. The van der Waals surface area contributed by atoms with Crippen LogP contribution in [0, 0.1) is 0 Å². The summed E-state index contributed by atoms with van der Waals surface area (Å²) < 4.78 is 13.5. The van der Waals surface area contributed by atoms with Gasteiger partial charge in [-0.3, -0.25) is 4.90 Å². The van der Waals surface area contributed by atoms with Crippen LogP contribution in [0.15, 0.2) is 103 Å². The minimum atomic E-state index is -0.506. The molecule has 50 heavy (non-hydrogen) atoms. The van der Waals surface area contributed by atoms with Gasteiger partial charge in [0.15, 0.2) is 6.29 Å². The van der Waals surface area contributed by atoms with E-state index in [1.165, 1.54) is 38.8 Å². The lowest BCUT2D eigenvalue weighted by Gasteiger charge is -2.39. The fraction of sp³-hybridized carbons (Fsp3) is 0.405. The summed E-state index contributed by atoms with van der Waals surface area (Å²) in [5.41, 5.74) is 7.22. The number of amides is 2. The van der Waals surface area contributed by atoms with Crippen LogP contribution in [0.1, 0.15) is 72.3 Å². The van der Waals surface area contributed by atoms with Crippen molar-refractivity contribution in [3.63, 3.8) is 0 Å². The number of hydrogen-bond acceptors (Lipinski definition) is 6. The summed E-state index contributed by atoms with van der Waals surface area (Å²) in [4.78, 5) is 17.8. The van der Waals surface area contributed by atoms with Gasteiger partial charge in [-0.05, 0) is 90.8 Å². The van der Waals surface area contributed by atoms with E-state index in [9.17, 15) is 9.90 Å². The molecule has 0 spiro atoms. The van der Waals surface area contributed by atoms with Gasteiger partial charge in [-0.1, -0.05) is 91.0 Å². The first-order valence-corrected chi connectivity index (χ1v) is 18.3. The molecule has 3 aliphatic heterocycles. The zero-order chi connectivity index (χ0) is 34.1. The first-order valence-electron chi connectivity index (χ1n) is 18.3. The molecule has 0 saturated carbocycles. The Morgan fingerprint density at radius 1 is 0.700 bits per heavy atom. The highest BCUT2D eigenvalue weighted by molar-refractivity contribution is 5.74. The molecule has 2 amide bonds. The number of hydrogen-bond donors (Lipinski definition) is 3. The van der Waals surface area contributed by atoms with Crippen LogP contribution in [0.4, 0.5) is 4.79 Å². The number of nitrogens with one attached hydrogen (secondary N) is 2. The van der Waals surface area contributed by atoms with Crippen molar-refractivity contribution in [2.24, 2.45) is 0 Å². The SMILES string of the molecule is O=C(NCc1ccccc1)NCc1cccc(-c2cccc([C@@H]3O[C@H](CN4CCC[C@H]4CN4CCCC4)C[C@H](c4ccc(CO)cc4)O3)c2)c1. The summed E-state index contributed by atoms with van der Waals surface area (Å²) in [5.74, 6) is 0. The smallest absolute Gasteiger partial charge is 0.315 e. The van der Waals surface area contributed by atoms with Gasteiger partial charge in [-0.15, -0.1) is 0 Å². The first kappa shape index (κ1) is 34.4. The van der Waals surface area contributed by atoms with Crippen molar-refractivity contribution in [2.75, 3.05) is 32.7 Å². The number of benzene rings is 4. The van der Waals surface area contributed by atoms with Gasteiger partial charge < -0.3 is 30.1 Å². The average molecular weight is 675 g/mol. The second-order valence-electron chi connectivity index (χ2n) is 14.0. The number of rotatable bonds is 12. The number of urea groups is 1. The molecule has 3 saturated heterocycles. The Kier molecular flexibility index (Phi) is 11.5. The Bertz CT molecular complexity index is 1680. The quantitative estimate of drug-likeness (QED) is 0.151. The largest absolute Gasteiger partial charge is 0.392 e. The highest BCUT2D eigenvalue weighted by atomic mass is 16.7. The van der Waals surface area contributed by atoms with Crippen LogP contribution < -0.4 is 10.6 Å². The van der Waals surface area contributed by atoms with E-state index in [-0.39, 0.29) is 24.8 Å². The molecular formula is C42H50N4O4. The van der Waals surface area contributed by atoms with E-state index in [4.69, 9.17) is 9.47 Å². The topological polar surface area (TPSA) is 86.3 Å². The number of aliphatic hydroxyl groups excluding tert-OH is 1. The van der Waals surface area contributed by atoms with Gasteiger partial charge in [-0.25, -0.2) is 4.79 Å². The minimum absolute atomic E-state index is 0.0268. The number of carbonyl (C=O) groups is 1. The van der Waals surface area contributed by atoms with E-state index in [2.05, 4.69) is 69.0 Å². The van der Waals surface area contributed by atoms with Gasteiger partial charge in [0.2, 0.25) is 0 Å². The van der Waals surface area contributed by atoms with Gasteiger partial charge in [0, 0.05) is 44.2 Å². The summed E-state index contributed by atoms with van der Waals surface area (Å²) in [5, 5.41) is 15.5. The molecule has 4 atom stereocenters. The second kappa shape index (κ2) is 16.8. The standard InChI is InChI=1S/C42H50N4O4/c47-30-32-16-18-34(19-17-32)40-25-39(29-46-22-8-15-38(46)28-45-20-4-5-21-45)49-41(50-40)37-14-7-13-36(24-37)35-12-6-11-33(23-35)27-44-42(48)43-26-31-9-2-1-3-10-31/h1-3,6-7,9-14,16-19,23-24,38-41,47H,4-5,8,15,20-22,25-30H2,(H2,43,44,48)/t38-,39-,40+,41+/m0/s1. The molecule has 3 heterocycles. The Morgan fingerprint density at radius 2 is 1.42 bits per heavy atom. The lowest BCUT2D eigenvalue weighted by molar-refractivity contribution is -0.253. The minimum Gasteiger partial charge on any atom is -0.392 e. The molecule has 262 valence electrons. The monoisotopic (exact) mass is 674 g/mol. The van der Waals surface area contributed by atoms with Gasteiger partial charge >= 0.3 is 6.03 Å². The van der Waals surface area contributed by atoms with Crippen molar-refractivity contribution in [1.82, 2.24) is 20.4 Å².